The summed E-state index contributed by atoms with van der Waals surface area (Å²) >= 11 is 0. The highest BCUT2D eigenvalue weighted by atomic mass is 16.6. The first-order chi connectivity index (χ1) is 9.01. The van der Waals surface area contributed by atoms with Crippen molar-refractivity contribution in [2.24, 2.45) is 7.05 Å². The molecule has 1 aromatic rings. The van der Waals surface area contributed by atoms with Crippen LogP contribution in [0.15, 0.2) is 0 Å². The molecule has 1 N–H and O–H groups in total. The van der Waals surface area contributed by atoms with E-state index in [2.05, 4.69) is 17.3 Å². The third-order valence-corrected chi connectivity index (χ3v) is 3.12. The Kier molecular flexibility index (Phi) is 5.95. The van der Waals surface area contributed by atoms with Gasteiger partial charge in [0.05, 0.1) is 4.92 Å². The summed E-state index contributed by atoms with van der Waals surface area (Å²) in [7, 11) is 1.79. The first kappa shape index (κ1) is 15.6. The Hall–Kier alpha value is -1.43. The van der Waals surface area contributed by atoms with E-state index in [0.717, 1.165) is 19.4 Å². The van der Waals surface area contributed by atoms with E-state index >= 15 is 0 Å². The first-order valence-corrected chi connectivity index (χ1v) is 6.93. The largest absolute Gasteiger partial charge is 0.314 e. The Labute approximate surface area is 114 Å². The second-order valence-electron chi connectivity index (χ2n) is 4.93. The predicted octanol–water partition coefficient (Wildman–Crippen LogP) is 2.21. The number of rotatable bonds is 8. The molecule has 6 nitrogen and oxygen atoms in total. The highest BCUT2D eigenvalue weighted by Crippen LogP contribution is 2.25. The normalized spacial score (nSPS) is 12.6. The Balaban J connectivity index is 2.95. The van der Waals surface area contributed by atoms with Crippen LogP contribution in [0, 0.1) is 10.1 Å². The maximum Gasteiger partial charge on any atom is 0.313 e. The average molecular weight is 268 g/mol. The monoisotopic (exact) mass is 268 g/mol. The third kappa shape index (κ3) is 4.02. The number of nitrogens with one attached hydrogen (secondary N) is 1. The summed E-state index contributed by atoms with van der Waals surface area (Å²) in [5.74, 6) is 0. The van der Waals surface area contributed by atoms with Gasteiger partial charge in [-0.3, -0.25) is 14.8 Å². The van der Waals surface area contributed by atoms with Crippen molar-refractivity contribution in [3.8, 4) is 0 Å². The van der Waals surface area contributed by atoms with Gasteiger partial charge < -0.3 is 5.32 Å². The van der Waals surface area contributed by atoms with Gasteiger partial charge in [0.25, 0.3) is 0 Å². The molecule has 0 radical (unpaired) electrons. The van der Waals surface area contributed by atoms with Gasteiger partial charge in [-0.2, -0.15) is 5.10 Å². The smallest absolute Gasteiger partial charge is 0.313 e. The van der Waals surface area contributed by atoms with Crippen LogP contribution in [0.1, 0.15) is 45.0 Å². The summed E-state index contributed by atoms with van der Waals surface area (Å²) in [5, 5.41) is 18.9. The van der Waals surface area contributed by atoms with Crippen molar-refractivity contribution in [1.82, 2.24) is 15.1 Å². The molecule has 0 amide bonds. The van der Waals surface area contributed by atoms with Crippen LogP contribution in [0.4, 0.5) is 5.69 Å². The van der Waals surface area contributed by atoms with Gasteiger partial charge in [-0.25, -0.2) is 0 Å². The van der Waals surface area contributed by atoms with Crippen LogP contribution in [0.25, 0.3) is 0 Å². The Morgan fingerprint density at radius 3 is 2.63 bits per heavy atom. The average Bonchev–Trinajstić information content (AvgIpc) is 2.64. The minimum Gasteiger partial charge on any atom is -0.314 e. The van der Waals surface area contributed by atoms with Gasteiger partial charge >= 0.3 is 5.69 Å². The van der Waals surface area contributed by atoms with E-state index in [0.29, 0.717) is 24.2 Å². The molecule has 0 aliphatic heterocycles. The summed E-state index contributed by atoms with van der Waals surface area (Å²) in [5.41, 5.74) is 1.52. The van der Waals surface area contributed by atoms with Crippen molar-refractivity contribution in [3.63, 3.8) is 0 Å². The fourth-order valence-electron chi connectivity index (χ4n) is 2.21. The molecule has 6 heteroatoms. The summed E-state index contributed by atoms with van der Waals surface area (Å²) in [6, 6.07) is 0.212. The number of nitro groups is 1. The zero-order chi connectivity index (χ0) is 14.4. The van der Waals surface area contributed by atoms with Gasteiger partial charge in [0.15, 0.2) is 0 Å². The lowest BCUT2D eigenvalue weighted by Gasteiger charge is -2.12. The lowest BCUT2D eigenvalue weighted by molar-refractivity contribution is -0.386. The molecule has 0 fully saturated rings. The van der Waals surface area contributed by atoms with E-state index < -0.39 is 0 Å². The molecule has 0 spiro atoms. The molecule has 1 heterocycles. The molecule has 1 atom stereocenters. The number of hydrogen-bond donors (Lipinski definition) is 1. The van der Waals surface area contributed by atoms with E-state index in [-0.39, 0.29) is 16.7 Å². The molecule has 0 aliphatic carbocycles. The van der Waals surface area contributed by atoms with Crippen LogP contribution in [0.5, 0.6) is 0 Å². The minimum absolute atomic E-state index is 0.203. The SMILES string of the molecule is CCCNC(C)Cc1c([N+](=O)[O-])c(CCC)nn1C. The van der Waals surface area contributed by atoms with Crippen molar-refractivity contribution < 1.29 is 4.92 Å². The standard InChI is InChI=1S/C13H24N4O2/c1-5-7-11-13(17(18)19)12(16(4)15-11)9-10(3)14-8-6-2/h10,14H,5-9H2,1-4H3. The second-order valence-corrected chi connectivity index (χ2v) is 4.93. The number of aryl methyl sites for hydroxylation is 2. The number of nitrogens with zero attached hydrogens (tertiary/aromatic N) is 3. The van der Waals surface area contributed by atoms with Gasteiger partial charge in [0.1, 0.15) is 11.4 Å². The van der Waals surface area contributed by atoms with E-state index in [4.69, 9.17) is 0 Å². The number of aromatic nitrogens is 2. The zero-order valence-corrected chi connectivity index (χ0v) is 12.3. The molecule has 1 unspecified atom stereocenters. The van der Waals surface area contributed by atoms with Gasteiger partial charge in [-0.05, 0) is 26.3 Å². The summed E-state index contributed by atoms with van der Waals surface area (Å²) in [6.07, 6.45) is 3.20. The van der Waals surface area contributed by atoms with Crippen LogP contribution in [-0.2, 0) is 19.9 Å². The lowest BCUT2D eigenvalue weighted by Crippen LogP contribution is -2.29. The highest BCUT2D eigenvalue weighted by Gasteiger charge is 2.26. The van der Waals surface area contributed by atoms with Crippen LogP contribution in [0.3, 0.4) is 0 Å². The topological polar surface area (TPSA) is 73.0 Å². The molecule has 1 aromatic heterocycles. The van der Waals surface area contributed by atoms with E-state index in [9.17, 15) is 10.1 Å². The fourth-order valence-corrected chi connectivity index (χ4v) is 2.21. The van der Waals surface area contributed by atoms with Gasteiger partial charge in [-0.1, -0.05) is 20.3 Å². The molecule has 108 valence electrons. The van der Waals surface area contributed by atoms with Crippen LogP contribution in [0.2, 0.25) is 0 Å². The van der Waals surface area contributed by atoms with Crippen molar-refractivity contribution in [2.75, 3.05) is 6.54 Å². The molecule has 0 aromatic carbocycles. The Morgan fingerprint density at radius 1 is 1.42 bits per heavy atom. The van der Waals surface area contributed by atoms with E-state index in [1.165, 1.54) is 0 Å². The van der Waals surface area contributed by atoms with Crippen molar-refractivity contribution in [3.05, 3.63) is 21.5 Å². The predicted molar refractivity (Wildman–Crippen MR) is 75.3 cm³/mol. The maximum atomic E-state index is 11.3. The molecule has 0 saturated carbocycles. The van der Waals surface area contributed by atoms with Crippen molar-refractivity contribution in [1.29, 1.82) is 0 Å². The minimum atomic E-state index is -0.292. The Morgan fingerprint density at radius 2 is 2.11 bits per heavy atom. The third-order valence-electron chi connectivity index (χ3n) is 3.12. The quantitative estimate of drug-likeness (QED) is 0.579. The molecule has 1 rings (SSSR count). The highest BCUT2D eigenvalue weighted by molar-refractivity contribution is 5.41. The first-order valence-electron chi connectivity index (χ1n) is 6.93. The van der Waals surface area contributed by atoms with Gasteiger partial charge in [-0.15, -0.1) is 0 Å². The van der Waals surface area contributed by atoms with Crippen LogP contribution in [-0.4, -0.2) is 27.3 Å². The number of hydrogen-bond acceptors (Lipinski definition) is 4. The Bertz CT molecular complexity index is 429. The molecular formula is C13H24N4O2. The molecular weight excluding hydrogens is 244 g/mol. The molecule has 19 heavy (non-hydrogen) atoms. The van der Waals surface area contributed by atoms with E-state index in [1.54, 1.807) is 11.7 Å². The summed E-state index contributed by atoms with van der Waals surface area (Å²) in [6.45, 7) is 7.08. The summed E-state index contributed by atoms with van der Waals surface area (Å²) < 4.78 is 1.66. The van der Waals surface area contributed by atoms with Gasteiger partial charge in [0, 0.05) is 19.5 Å². The lowest BCUT2D eigenvalue weighted by atomic mass is 10.1. The van der Waals surface area contributed by atoms with E-state index in [1.807, 2.05) is 13.8 Å². The van der Waals surface area contributed by atoms with Gasteiger partial charge in [0.2, 0.25) is 0 Å². The van der Waals surface area contributed by atoms with Crippen molar-refractivity contribution in [2.45, 2.75) is 52.5 Å². The fraction of sp³-hybridized carbons (Fsp3) is 0.769. The molecule has 0 saturated heterocycles. The second kappa shape index (κ2) is 7.23. The zero-order valence-electron chi connectivity index (χ0n) is 12.3. The maximum absolute atomic E-state index is 11.3. The summed E-state index contributed by atoms with van der Waals surface area (Å²) in [4.78, 5) is 11.0. The molecule has 0 aliphatic rings. The molecule has 0 bridgehead atoms. The van der Waals surface area contributed by atoms with Crippen molar-refractivity contribution >= 4 is 5.69 Å². The van der Waals surface area contributed by atoms with Crippen LogP contribution < -0.4 is 5.32 Å². The van der Waals surface area contributed by atoms with Crippen LogP contribution >= 0.6 is 0 Å².